The van der Waals surface area contributed by atoms with Gasteiger partial charge in [0.15, 0.2) is 23.0 Å². The van der Waals surface area contributed by atoms with Crippen molar-refractivity contribution in [2.45, 2.75) is 0 Å². The van der Waals surface area contributed by atoms with Crippen LogP contribution in [-0.4, -0.2) is 4.98 Å². The predicted octanol–water partition coefficient (Wildman–Crippen LogP) is 7.40. The summed E-state index contributed by atoms with van der Waals surface area (Å²) in [7, 11) is 0. The quantitative estimate of drug-likeness (QED) is 0.342. The van der Waals surface area contributed by atoms with Crippen molar-refractivity contribution in [1.82, 2.24) is 4.98 Å². The van der Waals surface area contributed by atoms with Crippen LogP contribution in [0, 0.1) is 0 Å². The molecule has 3 heteroatoms. The van der Waals surface area contributed by atoms with Gasteiger partial charge in [-0.3, -0.25) is 0 Å². The number of para-hydroxylation sites is 2. The summed E-state index contributed by atoms with van der Waals surface area (Å²) in [6.07, 6.45) is 0. The number of aromatic amines is 1. The molecule has 2 heterocycles. The molecule has 0 fully saturated rings. The fraction of sp³-hybridized carbons (Fsp3) is 0. The number of ether oxygens (including phenoxy) is 2. The van der Waals surface area contributed by atoms with Crippen molar-refractivity contribution in [2.24, 2.45) is 0 Å². The monoisotopic (exact) mass is 375 g/mol. The van der Waals surface area contributed by atoms with Crippen LogP contribution >= 0.6 is 0 Å². The SMILES string of the molecule is c1ccc(-c2ccc(-c3cc4cc5c(cc4[nH]3)Oc3ccccc3O5)cc2)cc1. The van der Waals surface area contributed by atoms with E-state index in [0.717, 1.165) is 45.2 Å². The molecule has 5 aromatic rings. The molecule has 29 heavy (non-hydrogen) atoms. The third-order valence-electron chi connectivity index (χ3n) is 5.28. The first-order valence-corrected chi connectivity index (χ1v) is 9.61. The topological polar surface area (TPSA) is 34.2 Å². The molecule has 1 aromatic heterocycles. The van der Waals surface area contributed by atoms with Crippen LogP contribution in [0.2, 0.25) is 0 Å². The van der Waals surface area contributed by atoms with E-state index >= 15 is 0 Å². The molecule has 6 rings (SSSR count). The summed E-state index contributed by atoms with van der Waals surface area (Å²) in [5, 5.41) is 1.09. The highest BCUT2D eigenvalue weighted by molar-refractivity contribution is 5.89. The number of hydrogen-bond acceptors (Lipinski definition) is 2. The van der Waals surface area contributed by atoms with Crippen molar-refractivity contribution in [2.75, 3.05) is 0 Å². The smallest absolute Gasteiger partial charge is 0.172 e. The van der Waals surface area contributed by atoms with Crippen molar-refractivity contribution >= 4 is 10.9 Å². The summed E-state index contributed by atoms with van der Waals surface area (Å²) in [5.41, 5.74) is 5.66. The van der Waals surface area contributed by atoms with Crippen LogP contribution in [0.4, 0.5) is 0 Å². The number of aromatic nitrogens is 1. The Morgan fingerprint density at radius 1 is 0.483 bits per heavy atom. The van der Waals surface area contributed by atoms with Crippen molar-refractivity contribution in [3.8, 4) is 45.4 Å². The highest BCUT2D eigenvalue weighted by atomic mass is 16.6. The van der Waals surface area contributed by atoms with E-state index in [1.54, 1.807) is 0 Å². The number of nitrogens with one attached hydrogen (secondary N) is 1. The molecule has 3 nitrogen and oxygen atoms in total. The van der Waals surface area contributed by atoms with Gasteiger partial charge in [-0.25, -0.2) is 0 Å². The first kappa shape index (κ1) is 16.0. The molecular weight excluding hydrogens is 358 g/mol. The summed E-state index contributed by atoms with van der Waals surface area (Å²) < 4.78 is 12.0. The van der Waals surface area contributed by atoms with Crippen molar-refractivity contribution in [1.29, 1.82) is 0 Å². The molecule has 0 unspecified atom stereocenters. The third-order valence-corrected chi connectivity index (χ3v) is 5.28. The van der Waals surface area contributed by atoms with Crippen molar-refractivity contribution < 1.29 is 9.47 Å². The van der Waals surface area contributed by atoms with Gasteiger partial charge in [-0.1, -0.05) is 66.7 Å². The summed E-state index contributed by atoms with van der Waals surface area (Å²) in [4.78, 5) is 3.51. The molecule has 0 amide bonds. The number of fused-ring (bicyclic) bond motifs is 3. The maximum absolute atomic E-state index is 6.03. The number of benzene rings is 4. The predicted molar refractivity (Wildman–Crippen MR) is 116 cm³/mol. The molecule has 0 saturated carbocycles. The van der Waals surface area contributed by atoms with Gasteiger partial charge < -0.3 is 14.5 Å². The molecular formula is C26H17NO2. The molecule has 0 radical (unpaired) electrons. The summed E-state index contributed by atoms with van der Waals surface area (Å²) >= 11 is 0. The van der Waals surface area contributed by atoms with Gasteiger partial charge in [0.25, 0.3) is 0 Å². The molecule has 0 saturated heterocycles. The van der Waals surface area contributed by atoms with Crippen LogP contribution in [0.1, 0.15) is 0 Å². The normalized spacial score (nSPS) is 12.0. The Morgan fingerprint density at radius 2 is 1.07 bits per heavy atom. The number of rotatable bonds is 2. The maximum Gasteiger partial charge on any atom is 0.172 e. The average molecular weight is 375 g/mol. The Morgan fingerprint density at radius 3 is 1.79 bits per heavy atom. The van der Waals surface area contributed by atoms with Crippen LogP contribution in [0.5, 0.6) is 23.0 Å². The maximum atomic E-state index is 6.03. The standard InChI is InChI=1S/C26H17NO2/c1-2-6-17(7-3-1)18-10-12-19(13-11-18)21-14-20-15-25-26(16-22(20)27-21)29-24-9-5-4-8-23(24)28-25/h1-16,27H. The van der Waals surface area contributed by atoms with Crippen molar-refractivity contribution in [3.63, 3.8) is 0 Å². The van der Waals surface area contributed by atoms with E-state index in [4.69, 9.17) is 9.47 Å². The molecule has 0 spiro atoms. The lowest BCUT2D eigenvalue weighted by Gasteiger charge is -2.20. The van der Waals surface area contributed by atoms with Gasteiger partial charge in [-0.2, -0.15) is 0 Å². The van der Waals surface area contributed by atoms with Crippen LogP contribution < -0.4 is 9.47 Å². The van der Waals surface area contributed by atoms with E-state index in [-0.39, 0.29) is 0 Å². The Hall–Kier alpha value is -3.98. The van der Waals surface area contributed by atoms with Crippen LogP contribution in [0.15, 0.2) is 97.1 Å². The second kappa shape index (κ2) is 6.28. The minimum atomic E-state index is 0.726. The Balaban J connectivity index is 1.36. The van der Waals surface area contributed by atoms with Crippen molar-refractivity contribution in [3.05, 3.63) is 97.1 Å². The minimum absolute atomic E-state index is 0.726. The zero-order valence-corrected chi connectivity index (χ0v) is 15.6. The summed E-state index contributed by atoms with van der Waals surface area (Å²) in [5.74, 6) is 2.94. The van der Waals surface area contributed by atoms with E-state index in [2.05, 4.69) is 59.6 Å². The highest BCUT2D eigenvalue weighted by Gasteiger charge is 2.19. The van der Waals surface area contributed by atoms with Gasteiger partial charge >= 0.3 is 0 Å². The van der Waals surface area contributed by atoms with E-state index in [9.17, 15) is 0 Å². The largest absolute Gasteiger partial charge is 0.449 e. The van der Waals surface area contributed by atoms with Gasteiger partial charge in [0.1, 0.15) is 0 Å². The number of hydrogen-bond donors (Lipinski definition) is 1. The second-order valence-corrected chi connectivity index (χ2v) is 7.16. The average Bonchev–Trinajstić information content (AvgIpc) is 3.19. The van der Waals surface area contributed by atoms with Gasteiger partial charge in [0, 0.05) is 22.7 Å². The lowest BCUT2D eigenvalue weighted by atomic mass is 10.0. The van der Waals surface area contributed by atoms with Crippen LogP contribution in [0.3, 0.4) is 0 Å². The van der Waals surface area contributed by atoms with Gasteiger partial charge in [-0.05, 0) is 41.0 Å². The molecule has 1 aliphatic heterocycles. The van der Waals surface area contributed by atoms with E-state index in [0.29, 0.717) is 0 Å². The highest BCUT2D eigenvalue weighted by Crippen LogP contribution is 2.46. The van der Waals surface area contributed by atoms with E-state index < -0.39 is 0 Å². The molecule has 138 valence electrons. The lowest BCUT2D eigenvalue weighted by Crippen LogP contribution is -1.98. The molecule has 1 aliphatic rings. The first-order valence-electron chi connectivity index (χ1n) is 9.61. The Kier molecular flexibility index (Phi) is 3.47. The Bertz CT molecular complexity index is 1270. The van der Waals surface area contributed by atoms with E-state index in [1.165, 1.54) is 11.1 Å². The molecule has 0 atom stereocenters. The zero-order valence-electron chi connectivity index (χ0n) is 15.6. The molecule has 0 bridgehead atoms. The lowest BCUT2D eigenvalue weighted by molar-refractivity contribution is 0.360. The fourth-order valence-corrected chi connectivity index (χ4v) is 3.78. The molecule has 0 aliphatic carbocycles. The van der Waals surface area contributed by atoms with Crippen LogP contribution in [-0.2, 0) is 0 Å². The number of H-pyrrole nitrogens is 1. The molecule has 4 aromatic carbocycles. The summed E-state index contributed by atoms with van der Waals surface area (Å²) in [6, 6.07) is 32.9. The fourth-order valence-electron chi connectivity index (χ4n) is 3.78. The first-order chi connectivity index (χ1) is 14.3. The second-order valence-electron chi connectivity index (χ2n) is 7.16. The third kappa shape index (κ3) is 2.75. The Labute approximate surface area is 168 Å². The zero-order chi connectivity index (χ0) is 19.2. The van der Waals surface area contributed by atoms with Gasteiger partial charge in [-0.15, -0.1) is 0 Å². The van der Waals surface area contributed by atoms with E-state index in [1.807, 2.05) is 42.5 Å². The van der Waals surface area contributed by atoms with Gasteiger partial charge in [0.05, 0.1) is 0 Å². The molecule has 1 N–H and O–H groups in total. The van der Waals surface area contributed by atoms with Gasteiger partial charge in [0.2, 0.25) is 0 Å². The minimum Gasteiger partial charge on any atom is -0.449 e. The summed E-state index contributed by atoms with van der Waals surface area (Å²) in [6.45, 7) is 0. The van der Waals surface area contributed by atoms with Crippen LogP contribution in [0.25, 0.3) is 33.3 Å².